The largest absolute Gasteiger partial charge is 0.497 e. The van der Waals surface area contributed by atoms with E-state index < -0.39 is 5.91 Å². The molecule has 0 saturated carbocycles. The summed E-state index contributed by atoms with van der Waals surface area (Å²) in [4.78, 5) is 31.6. The zero-order valence-electron chi connectivity index (χ0n) is 18.6. The van der Waals surface area contributed by atoms with Crippen LogP contribution in [0.2, 0.25) is 0 Å². The molecule has 3 aromatic carbocycles. The van der Waals surface area contributed by atoms with Gasteiger partial charge in [-0.25, -0.2) is 10.4 Å². The summed E-state index contributed by atoms with van der Waals surface area (Å²) in [5.74, 6) is 1.75. The average Bonchev–Trinajstić information content (AvgIpc) is 2.87. The van der Waals surface area contributed by atoms with Crippen molar-refractivity contribution in [2.75, 3.05) is 20.8 Å². The Labute approximate surface area is 195 Å². The molecule has 34 heavy (non-hydrogen) atoms. The lowest BCUT2D eigenvalue weighted by molar-refractivity contribution is -0.123. The van der Waals surface area contributed by atoms with Gasteiger partial charge >= 0.3 is 0 Å². The van der Waals surface area contributed by atoms with Gasteiger partial charge in [0.05, 0.1) is 31.3 Å². The minimum absolute atomic E-state index is 0.204. The molecule has 1 amide bonds. The molecule has 4 aromatic rings. The number of nitrogens with one attached hydrogen (secondary N) is 2. The van der Waals surface area contributed by atoms with E-state index in [1.54, 1.807) is 74.9 Å². The van der Waals surface area contributed by atoms with Crippen LogP contribution in [0.4, 0.5) is 0 Å². The van der Waals surface area contributed by atoms with E-state index in [-0.39, 0.29) is 12.2 Å². The molecule has 0 aliphatic rings. The predicted molar refractivity (Wildman–Crippen MR) is 129 cm³/mol. The second kappa shape index (κ2) is 10.3. The van der Waals surface area contributed by atoms with Crippen molar-refractivity contribution in [3.8, 4) is 28.6 Å². The van der Waals surface area contributed by atoms with Gasteiger partial charge in [-0.15, -0.1) is 0 Å². The first-order valence-corrected chi connectivity index (χ1v) is 10.3. The second-order valence-electron chi connectivity index (χ2n) is 7.15. The van der Waals surface area contributed by atoms with Gasteiger partial charge in [0.1, 0.15) is 23.1 Å². The molecule has 0 bridgehead atoms. The van der Waals surface area contributed by atoms with E-state index in [1.165, 1.54) is 6.21 Å². The van der Waals surface area contributed by atoms with Crippen molar-refractivity contribution < 1.29 is 19.0 Å². The second-order valence-corrected chi connectivity index (χ2v) is 7.15. The lowest BCUT2D eigenvalue weighted by Crippen LogP contribution is -2.24. The zero-order chi connectivity index (χ0) is 23.9. The number of carbonyl (C=O) groups is 1. The summed E-state index contributed by atoms with van der Waals surface area (Å²) < 4.78 is 16.0. The standard InChI is InChI=1S/C25H22N4O5/c1-32-19-11-12-22(33-2)17(13-19)14-26-29-23(30)15-34-18-9-7-16(8-10-18)24-27-21-6-4-3-5-20(21)25(31)28-24/h3-14H,15H2,1-2H3,(H,29,30)(H,27,28,31)/b26-14+. The lowest BCUT2D eigenvalue weighted by Gasteiger charge is -2.08. The molecule has 0 spiro atoms. The number of hydrogen-bond acceptors (Lipinski definition) is 7. The zero-order valence-corrected chi connectivity index (χ0v) is 18.6. The highest BCUT2D eigenvalue weighted by Crippen LogP contribution is 2.22. The van der Waals surface area contributed by atoms with Crippen LogP contribution in [0, 0.1) is 0 Å². The number of hydrogen-bond donors (Lipinski definition) is 2. The molecule has 0 aliphatic carbocycles. The number of aromatic nitrogens is 2. The number of nitrogens with zero attached hydrogens (tertiary/aromatic N) is 2. The molecule has 0 atom stereocenters. The van der Waals surface area contributed by atoms with Crippen molar-refractivity contribution in [2.24, 2.45) is 5.10 Å². The smallest absolute Gasteiger partial charge is 0.277 e. The highest BCUT2D eigenvalue weighted by molar-refractivity contribution is 5.86. The minimum Gasteiger partial charge on any atom is -0.497 e. The SMILES string of the molecule is COc1ccc(OC)c(/C=N/NC(=O)COc2ccc(-c3nc4ccccc4c(=O)[nH]3)cc2)c1. The van der Waals surface area contributed by atoms with Crippen molar-refractivity contribution in [2.45, 2.75) is 0 Å². The van der Waals surface area contributed by atoms with Crippen LogP contribution in [-0.2, 0) is 4.79 Å². The first-order valence-electron chi connectivity index (χ1n) is 10.3. The van der Waals surface area contributed by atoms with E-state index in [0.717, 1.165) is 5.56 Å². The van der Waals surface area contributed by atoms with Gasteiger partial charge in [0, 0.05) is 11.1 Å². The summed E-state index contributed by atoms with van der Waals surface area (Å²) >= 11 is 0. The van der Waals surface area contributed by atoms with Crippen LogP contribution >= 0.6 is 0 Å². The number of benzene rings is 3. The molecular formula is C25H22N4O5. The summed E-state index contributed by atoms with van der Waals surface area (Å²) in [6.45, 7) is -0.225. The van der Waals surface area contributed by atoms with E-state index in [2.05, 4.69) is 20.5 Å². The minimum atomic E-state index is -0.428. The molecule has 1 heterocycles. The fraction of sp³-hybridized carbons (Fsp3) is 0.120. The van der Waals surface area contributed by atoms with Gasteiger partial charge in [-0.3, -0.25) is 9.59 Å². The van der Waals surface area contributed by atoms with E-state index in [0.29, 0.717) is 39.5 Å². The number of fused-ring (bicyclic) bond motifs is 1. The van der Waals surface area contributed by atoms with Crippen molar-refractivity contribution in [1.29, 1.82) is 0 Å². The number of aromatic amines is 1. The number of amides is 1. The monoisotopic (exact) mass is 458 g/mol. The third-order valence-electron chi connectivity index (χ3n) is 4.94. The molecule has 0 aliphatic heterocycles. The number of hydrazone groups is 1. The van der Waals surface area contributed by atoms with Crippen molar-refractivity contribution >= 4 is 23.0 Å². The third-order valence-corrected chi connectivity index (χ3v) is 4.94. The van der Waals surface area contributed by atoms with Crippen LogP contribution in [0.25, 0.3) is 22.3 Å². The van der Waals surface area contributed by atoms with Crippen molar-refractivity contribution in [1.82, 2.24) is 15.4 Å². The molecule has 2 N–H and O–H groups in total. The Morgan fingerprint density at radius 2 is 1.79 bits per heavy atom. The van der Waals surface area contributed by atoms with Crippen LogP contribution < -0.4 is 25.2 Å². The van der Waals surface area contributed by atoms with Gasteiger partial charge < -0.3 is 19.2 Å². The maximum absolute atomic E-state index is 12.3. The molecule has 172 valence electrons. The predicted octanol–water partition coefficient (Wildman–Crippen LogP) is 3.14. The van der Waals surface area contributed by atoms with E-state index in [1.807, 2.05) is 6.07 Å². The van der Waals surface area contributed by atoms with Crippen LogP contribution in [0.5, 0.6) is 17.2 Å². The van der Waals surface area contributed by atoms with Crippen LogP contribution in [-0.4, -0.2) is 42.9 Å². The number of methoxy groups -OCH3 is 2. The van der Waals surface area contributed by atoms with Gasteiger partial charge in [-0.2, -0.15) is 5.10 Å². The fourth-order valence-corrected chi connectivity index (χ4v) is 3.23. The van der Waals surface area contributed by atoms with Crippen LogP contribution in [0.1, 0.15) is 5.56 Å². The number of para-hydroxylation sites is 1. The van der Waals surface area contributed by atoms with Crippen molar-refractivity contribution in [3.05, 3.63) is 82.6 Å². The maximum atomic E-state index is 12.3. The number of carbonyl (C=O) groups excluding carboxylic acids is 1. The number of rotatable bonds is 8. The molecule has 0 saturated heterocycles. The van der Waals surface area contributed by atoms with Crippen LogP contribution in [0.15, 0.2) is 76.6 Å². The Kier molecular flexibility index (Phi) is 6.83. The van der Waals surface area contributed by atoms with Gasteiger partial charge in [0.2, 0.25) is 0 Å². The van der Waals surface area contributed by atoms with Gasteiger partial charge in [-0.1, -0.05) is 12.1 Å². The van der Waals surface area contributed by atoms with E-state index >= 15 is 0 Å². The molecule has 0 unspecified atom stereocenters. The van der Waals surface area contributed by atoms with Crippen LogP contribution in [0.3, 0.4) is 0 Å². The Bertz CT molecular complexity index is 1400. The third kappa shape index (κ3) is 5.21. The summed E-state index contributed by atoms with van der Waals surface area (Å²) in [6, 6.07) is 19.3. The first-order chi connectivity index (χ1) is 16.6. The highest BCUT2D eigenvalue weighted by Gasteiger charge is 2.07. The van der Waals surface area contributed by atoms with Gasteiger partial charge in [0.25, 0.3) is 11.5 Å². The summed E-state index contributed by atoms with van der Waals surface area (Å²) in [5, 5.41) is 4.47. The summed E-state index contributed by atoms with van der Waals surface area (Å²) in [6.07, 6.45) is 1.46. The van der Waals surface area contributed by atoms with E-state index in [9.17, 15) is 9.59 Å². The Balaban J connectivity index is 1.35. The Hall–Kier alpha value is -4.66. The van der Waals surface area contributed by atoms with Gasteiger partial charge in [-0.05, 0) is 54.6 Å². The number of H-pyrrole nitrogens is 1. The normalized spacial score (nSPS) is 10.9. The fourth-order valence-electron chi connectivity index (χ4n) is 3.23. The number of ether oxygens (including phenoxy) is 3. The molecule has 0 radical (unpaired) electrons. The lowest BCUT2D eigenvalue weighted by atomic mass is 10.2. The average molecular weight is 458 g/mol. The quantitative estimate of drug-likeness (QED) is 0.310. The maximum Gasteiger partial charge on any atom is 0.277 e. The first kappa shape index (κ1) is 22.5. The summed E-state index contributed by atoms with van der Waals surface area (Å²) in [7, 11) is 3.11. The summed E-state index contributed by atoms with van der Waals surface area (Å²) in [5.41, 5.74) is 4.19. The molecular weight excluding hydrogens is 436 g/mol. The Morgan fingerprint density at radius 1 is 1.03 bits per heavy atom. The Morgan fingerprint density at radius 3 is 2.56 bits per heavy atom. The molecule has 0 fully saturated rings. The molecule has 1 aromatic heterocycles. The van der Waals surface area contributed by atoms with E-state index in [4.69, 9.17) is 14.2 Å². The topological polar surface area (TPSA) is 115 Å². The molecule has 9 heteroatoms. The van der Waals surface area contributed by atoms with Crippen molar-refractivity contribution in [3.63, 3.8) is 0 Å². The highest BCUT2D eigenvalue weighted by atomic mass is 16.5. The van der Waals surface area contributed by atoms with Gasteiger partial charge in [0.15, 0.2) is 6.61 Å². The molecule has 4 rings (SSSR count). The molecule has 9 nitrogen and oxygen atoms in total.